The predicted molar refractivity (Wildman–Crippen MR) is 64.4 cm³/mol. The molecule has 1 amide bonds. The Hall–Kier alpha value is -0.870. The zero-order valence-electron chi connectivity index (χ0n) is 8.66. The summed E-state index contributed by atoms with van der Waals surface area (Å²) in [4.78, 5) is 10.6. The minimum atomic E-state index is -0.276. The molecule has 0 unspecified atom stereocenters. The van der Waals surface area contributed by atoms with E-state index in [1.54, 1.807) is 0 Å². The van der Waals surface area contributed by atoms with Crippen LogP contribution in [-0.2, 0) is 4.79 Å². The minimum Gasteiger partial charge on any atom is -0.370 e. The fourth-order valence-electron chi connectivity index (χ4n) is 1.35. The number of amides is 1. The Labute approximate surface area is 98.2 Å². The maximum atomic E-state index is 10.6. The second-order valence-electron chi connectivity index (χ2n) is 3.41. The van der Waals surface area contributed by atoms with Gasteiger partial charge in [0.1, 0.15) is 0 Å². The lowest BCUT2D eigenvalue weighted by Crippen LogP contribution is -2.24. The second-order valence-corrected chi connectivity index (χ2v) is 4.27. The van der Waals surface area contributed by atoms with Crippen molar-refractivity contribution in [1.82, 2.24) is 5.32 Å². The highest BCUT2D eigenvalue weighted by Crippen LogP contribution is 2.22. The van der Waals surface area contributed by atoms with E-state index in [2.05, 4.69) is 28.2 Å². The molecule has 0 fully saturated rings. The zero-order chi connectivity index (χ0) is 11.3. The average Bonchev–Trinajstić information content (AvgIpc) is 2.17. The van der Waals surface area contributed by atoms with Gasteiger partial charge in [0, 0.05) is 23.5 Å². The largest absolute Gasteiger partial charge is 0.370 e. The quantitative estimate of drug-likeness (QED) is 0.860. The molecule has 0 heterocycles. The van der Waals surface area contributed by atoms with Crippen molar-refractivity contribution >= 4 is 21.8 Å². The molecule has 0 saturated heterocycles. The van der Waals surface area contributed by atoms with Crippen molar-refractivity contribution in [3.8, 4) is 0 Å². The molecule has 0 aliphatic rings. The maximum absolute atomic E-state index is 10.6. The molecule has 1 atom stereocenters. The van der Waals surface area contributed by atoms with Crippen molar-refractivity contribution in [3.63, 3.8) is 0 Å². The fraction of sp³-hybridized carbons (Fsp3) is 0.364. The van der Waals surface area contributed by atoms with Crippen LogP contribution in [0.1, 0.15) is 24.9 Å². The highest BCUT2D eigenvalue weighted by molar-refractivity contribution is 9.10. The van der Waals surface area contributed by atoms with Gasteiger partial charge in [-0.2, -0.15) is 0 Å². The van der Waals surface area contributed by atoms with E-state index in [0.717, 1.165) is 4.47 Å². The monoisotopic (exact) mass is 270 g/mol. The molecule has 0 radical (unpaired) electrons. The number of nitrogens with two attached hydrogens (primary N) is 1. The van der Waals surface area contributed by atoms with Gasteiger partial charge in [-0.15, -0.1) is 0 Å². The molecule has 1 aromatic carbocycles. The molecule has 1 rings (SSSR count). The number of rotatable bonds is 5. The molecule has 3 N–H and O–H groups in total. The van der Waals surface area contributed by atoms with Gasteiger partial charge in [-0.1, -0.05) is 34.1 Å². The Kier molecular flexibility index (Phi) is 4.78. The molecule has 0 spiro atoms. The first kappa shape index (κ1) is 12.2. The van der Waals surface area contributed by atoms with E-state index in [0.29, 0.717) is 13.0 Å². The van der Waals surface area contributed by atoms with Crippen LogP contribution < -0.4 is 11.1 Å². The van der Waals surface area contributed by atoms with Gasteiger partial charge in [-0.05, 0) is 18.6 Å². The number of primary amides is 1. The summed E-state index contributed by atoms with van der Waals surface area (Å²) >= 11 is 3.49. The molecule has 0 aliphatic carbocycles. The number of carbonyl (C=O) groups excluding carboxylic acids is 1. The lowest BCUT2D eigenvalue weighted by atomic mass is 10.1. The van der Waals surface area contributed by atoms with E-state index in [1.165, 1.54) is 5.56 Å². The summed E-state index contributed by atoms with van der Waals surface area (Å²) in [6.07, 6.45) is 0.370. The van der Waals surface area contributed by atoms with Crippen molar-refractivity contribution < 1.29 is 4.79 Å². The normalized spacial score (nSPS) is 12.4. The second kappa shape index (κ2) is 5.88. The third-order valence-electron chi connectivity index (χ3n) is 2.19. The van der Waals surface area contributed by atoms with E-state index >= 15 is 0 Å². The maximum Gasteiger partial charge on any atom is 0.218 e. The van der Waals surface area contributed by atoms with E-state index in [-0.39, 0.29) is 11.9 Å². The minimum absolute atomic E-state index is 0.208. The van der Waals surface area contributed by atoms with Crippen molar-refractivity contribution in [3.05, 3.63) is 34.3 Å². The van der Waals surface area contributed by atoms with Crippen LogP contribution in [0.2, 0.25) is 0 Å². The van der Waals surface area contributed by atoms with Crippen molar-refractivity contribution in [2.24, 2.45) is 5.73 Å². The summed E-state index contributed by atoms with van der Waals surface area (Å²) in [5.74, 6) is -0.276. The first-order valence-corrected chi connectivity index (χ1v) is 5.66. The Morgan fingerprint density at radius 3 is 2.80 bits per heavy atom. The van der Waals surface area contributed by atoms with Gasteiger partial charge in [0.05, 0.1) is 0 Å². The van der Waals surface area contributed by atoms with Crippen LogP contribution in [0.5, 0.6) is 0 Å². The number of carbonyl (C=O) groups is 1. The molecule has 4 heteroatoms. The van der Waals surface area contributed by atoms with Gasteiger partial charge in [0.15, 0.2) is 0 Å². The Morgan fingerprint density at radius 2 is 2.20 bits per heavy atom. The van der Waals surface area contributed by atoms with Crippen LogP contribution >= 0.6 is 15.9 Å². The highest BCUT2D eigenvalue weighted by atomic mass is 79.9. The first-order valence-electron chi connectivity index (χ1n) is 4.87. The molecule has 0 saturated carbocycles. The van der Waals surface area contributed by atoms with Crippen LogP contribution in [0.3, 0.4) is 0 Å². The van der Waals surface area contributed by atoms with Gasteiger partial charge >= 0.3 is 0 Å². The summed E-state index contributed by atoms with van der Waals surface area (Å²) in [5.41, 5.74) is 6.24. The smallest absolute Gasteiger partial charge is 0.218 e. The molecule has 0 aromatic heterocycles. The van der Waals surface area contributed by atoms with E-state index < -0.39 is 0 Å². The molecular formula is C11H15BrN2O. The zero-order valence-corrected chi connectivity index (χ0v) is 10.3. The molecule has 82 valence electrons. The Balaban J connectivity index is 2.50. The number of nitrogens with one attached hydrogen (secondary N) is 1. The van der Waals surface area contributed by atoms with E-state index in [1.807, 2.05) is 24.3 Å². The van der Waals surface area contributed by atoms with Gasteiger partial charge in [-0.3, -0.25) is 4.79 Å². The molecule has 0 bridgehead atoms. The van der Waals surface area contributed by atoms with Crippen LogP contribution in [0.15, 0.2) is 28.7 Å². The molecule has 1 aromatic rings. The molecular weight excluding hydrogens is 256 g/mol. The third-order valence-corrected chi connectivity index (χ3v) is 2.92. The van der Waals surface area contributed by atoms with Gasteiger partial charge < -0.3 is 11.1 Å². The van der Waals surface area contributed by atoms with Crippen LogP contribution in [-0.4, -0.2) is 12.5 Å². The lowest BCUT2D eigenvalue weighted by molar-refractivity contribution is -0.117. The Morgan fingerprint density at radius 1 is 1.53 bits per heavy atom. The van der Waals surface area contributed by atoms with Crippen LogP contribution in [0.25, 0.3) is 0 Å². The van der Waals surface area contributed by atoms with Crippen molar-refractivity contribution in [2.75, 3.05) is 6.54 Å². The predicted octanol–water partition coefficient (Wildman–Crippen LogP) is 1.98. The summed E-state index contributed by atoms with van der Waals surface area (Å²) in [6.45, 7) is 2.67. The van der Waals surface area contributed by atoms with Gasteiger partial charge in [-0.25, -0.2) is 0 Å². The SMILES string of the molecule is C[C@@H](NCCC(N)=O)c1ccccc1Br. The average molecular weight is 271 g/mol. The van der Waals surface area contributed by atoms with Gasteiger partial charge in [0.2, 0.25) is 5.91 Å². The fourth-order valence-corrected chi connectivity index (χ4v) is 1.98. The highest BCUT2D eigenvalue weighted by Gasteiger charge is 2.07. The number of benzene rings is 1. The molecule has 3 nitrogen and oxygen atoms in total. The summed E-state index contributed by atoms with van der Waals surface area (Å²) in [7, 11) is 0. The van der Waals surface area contributed by atoms with E-state index in [4.69, 9.17) is 5.73 Å². The topological polar surface area (TPSA) is 55.1 Å². The van der Waals surface area contributed by atoms with E-state index in [9.17, 15) is 4.79 Å². The number of hydrogen-bond donors (Lipinski definition) is 2. The van der Waals surface area contributed by atoms with Crippen molar-refractivity contribution in [2.45, 2.75) is 19.4 Å². The summed E-state index contributed by atoms with van der Waals surface area (Å²) in [6, 6.07) is 8.23. The first-order chi connectivity index (χ1) is 7.11. The van der Waals surface area contributed by atoms with Crippen LogP contribution in [0.4, 0.5) is 0 Å². The number of hydrogen-bond acceptors (Lipinski definition) is 2. The summed E-state index contributed by atoms with van der Waals surface area (Å²) in [5, 5.41) is 3.24. The molecule has 0 aliphatic heterocycles. The van der Waals surface area contributed by atoms with Gasteiger partial charge in [0.25, 0.3) is 0 Å². The number of halogens is 1. The lowest BCUT2D eigenvalue weighted by Gasteiger charge is -2.15. The standard InChI is InChI=1S/C11H15BrN2O/c1-8(14-7-6-11(13)15)9-4-2-3-5-10(9)12/h2-5,8,14H,6-7H2,1H3,(H2,13,15)/t8-/m1/s1. The third kappa shape index (κ3) is 4.01. The molecule has 15 heavy (non-hydrogen) atoms. The van der Waals surface area contributed by atoms with Crippen molar-refractivity contribution in [1.29, 1.82) is 0 Å². The summed E-state index contributed by atoms with van der Waals surface area (Å²) < 4.78 is 1.07. The Bertz CT molecular complexity index is 341. The van der Waals surface area contributed by atoms with Crippen LogP contribution in [0, 0.1) is 0 Å².